The van der Waals surface area contributed by atoms with Crippen LogP contribution in [0.25, 0.3) is 10.8 Å². The predicted molar refractivity (Wildman–Crippen MR) is 152 cm³/mol. The molecular formula is C32H22Cl2O5. The number of hydrogen-bond acceptors (Lipinski definition) is 5. The Labute approximate surface area is 235 Å². The zero-order chi connectivity index (χ0) is 28.0. The van der Waals surface area contributed by atoms with Crippen LogP contribution in [0.4, 0.5) is 0 Å². The van der Waals surface area contributed by atoms with Crippen molar-refractivity contribution in [2.75, 3.05) is 0 Å². The summed E-state index contributed by atoms with van der Waals surface area (Å²) in [6, 6.07) is 19.2. The average molecular weight is 557 g/mol. The summed E-state index contributed by atoms with van der Waals surface area (Å²) in [5.41, 5.74) is 2.85. The Kier molecular flexibility index (Phi) is 6.89. The zero-order valence-corrected chi connectivity index (χ0v) is 22.7. The second-order valence-corrected chi connectivity index (χ2v) is 10.2. The van der Waals surface area contributed by atoms with Gasteiger partial charge in [-0.05, 0) is 37.1 Å². The number of hydrogen-bond donors (Lipinski definition) is 0. The van der Waals surface area contributed by atoms with Crippen molar-refractivity contribution in [3.05, 3.63) is 129 Å². The summed E-state index contributed by atoms with van der Waals surface area (Å²) in [6.07, 6.45) is 0. The molecule has 0 bridgehead atoms. The molecule has 39 heavy (non-hydrogen) atoms. The van der Waals surface area contributed by atoms with E-state index in [0.29, 0.717) is 43.6 Å². The maximum atomic E-state index is 13.5. The molecule has 0 fully saturated rings. The molecule has 5 nitrogen and oxygen atoms in total. The molecule has 0 radical (unpaired) electrons. The summed E-state index contributed by atoms with van der Waals surface area (Å²) in [6.45, 7) is 10.5. The Morgan fingerprint density at radius 2 is 1.28 bits per heavy atom. The van der Waals surface area contributed by atoms with E-state index in [1.54, 1.807) is 61.5 Å². The van der Waals surface area contributed by atoms with Crippen LogP contribution in [0, 0.1) is 0 Å². The van der Waals surface area contributed by atoms with Crippen LogP contribution in [0.15, 0.2) is 91.0 Å². The Morgan fingerprint density at radius 1 is 0.744 bits per heavy atom. The predicted octanol–water partition coefficient (Wildman–Crippen LogP) is 7.83. The number of esters is 2. The van der Waals surface area contributed by atoms with Crippen LogP contribution in [0.5, 0.6) is 11.5 Å². The van der Waals surface area contributed by atoms with E-state index in [9.17, 15) is 14.4 Å². The molecule has 7 heteroatoms. The van der Waals surface area contributed by atoms with Gasteiger partial charge in [0, 0.05) is 49.5 Å². The lowest BCUT2D eigenvalue weighted by atomic mass is 9.73. The number of carbonyl (C=O) groups excluding carboxylic acids is 3. The average Bonchev–Trinajstić information content (AvgIpc) is 2.92. The summed E-state index contributed by atoms with van der Waals surface area (Å²) >= 11 is 13.4. The highest BCUT2D eigenvalue weighted by molar-refractivity contribution is 6.35. The number of rotatable bonds is 5. The van der Waals surface area contributed by atoms with Gasteiger partial charge in [0.1, 0.15) is 5.75 Å². The van der Waals surface area contributed by atoms with Crippen LogP contribution in [0.3, 0.4) is 0 Å². The van der Waals surface area contributed by atoms with Crippen molar-refractivity contribution in [2.45, 2.75) is 19.8 Å². The molecule has 0 N–H and O–H groups in total. The van der Waals surface area contributed by atoms with Crippen LogP contribution >= 0.6 is 23.2 Å². The van der Waals surface area contributed by atoms with Crippen LogP contribution in [0.1, 0.15) is 52.4 Å². The minimum Gasteiger partial charge on any atom is -0.422 e. The lowest BCUT2D eigenvalue weighted by molar-refractivity contribution is -0.131. The van der Waals surface area contributed by atoms with E-state index in [2.05, 4.69) is 13.2 Å². The molecule has 1 atom stereocenters. The van der Waals surface area contributed by atoms with E-state index >= 15 is 0 Å². The highest BCUT2D eigenvalue weighted by Crippen LogP contribution is 2.53. The minimum absolute atomic E-state index is 0.0582. The van der Waals surface area contributed by atoms with Gasteiger partial charge in [-0.25, -0.2) is 9.59 Å². The van der Waals surface area contributed by atoms with E-state index < -0.39 is 17.9 Å². The number of carbonyl (C=O) groups is 3. The highest BCUT2D eigenvalue weighted by Gasteiger charge is 2.37. The third-order valence-corrected chi connectivity index (χ3v) is 7.17. The third kappa shape index (κ3) is 4.54. The summed E-state index contributed by atoms with van der Waals surface area (Å²) in [5.74, 6) is -1.90. The third-order valence-electron chi connectivity index (χ3n) is 6.56. The van der Waals surface area contributed by atoms with Gasteiger partial charge in [-0.1, -0.05) is 91.0 Å². The molecule has 0 amide bonds. The molecule has 1 aliphatic carbocycles. The van der Waals surface area contributed by atoms with E-state index in [0.717, 1.165) is 0 Å². The lowest BCUT2D eigenvalue weighted by Gasteiger charge is -2.31. The Hall–Kier alpha value is -4.19. The van der Waals surface area contributed by atoms with E-state index in [-0.39, 0.29) is 33.5 Å². The van der Waals surface area contributed by atoms with Gasteiger partial charge in [0.15, 0.2) is 11.5 Å². The molecule has 0 heterocycles. The summed E-state index contributed by atoms with van der Waals surface area (Å²) in [7, 11) is 0. The van der Waals surface area contributed by atoms with Gasteiger partial charge in [-0.15, -0.1) is 0 Å². The fraction of sp³-hybridized carbons (Fsp3) is 0.0938. The van der Waals surface area contributed by atoms with Crippen molar-refractivity contribution in [2.24, 2.45) is 0 Å². The Balaban J connectivity index is 1.93. The molecule has 0 saturated carbocycles. The van der Waals surface area contributed by atoms with Gasteiger partial charge in [-0.3, -0.25) is 4.79 Å². The number of ether oxygens (including phenoxy) is 2. The maximum Gasteiger partial charge on any atom is 0.338 e. The molecule has 5 rings (SSSR count). The van der Waals surface area contributed by atoms with Crippen molar-refractivity contribution >= 4 is 51.7 Å². The second kappa shape index (κ2) is 10.2. The van der Waals surface area contributed by atoms with Crippen molar-refractivity contribution < 1.29 is 23.9 Å². The first kappa shape index (κ1) is 26.4. The van der Waals surface area contributed by atoms with Crippen LogP contribution in [-0.2, 0) is 9.59 Å². The molecule has 4 aromatic rings. The topological polar surface area (TPSA) is 69.7 Å². The number of benzene rings is 4. The van der Waals surface area contributed by atoms with E-state index in [4.69, 9.17) is 32.7 Å². The summed E-state index contributed by atoms with van der Waals surface area (Å²) in [4.78, 5) is 39.1. The maximum absolute atomic E-state index is 13.5. The molecule has 194 valence electrons. The molecule has 0 aromatic heterocycles. The molecule has 1 aliphatic rings. The summed E-state index contributed by atoms with van der Waals surface area (Å²) < 4.78 is 11.7. The zero-order valence-electron chi connectivity index (χ0n) is 21.1. The van der Waals surface area contributed by atoms with Crippen molar-refractivity contribution in [1.29, 1.82) is 0 Å². The molecule has 1 unspecified atom stereocenters. The van der Waals surface area contributed by atoms with Crippen LogP contribution in [-0.4, -0.2) is 17.7 Å². The minimum atomic E-state index is -0.668. The first-order chi connectivity index (χ1) is 18.6. The van der Waals surface area contributed by atoms with Gasteiger partial charge in [0.2, 0.25) is 0 Å². The largest absolute Gasteiger partial charge is 0.422 e. The summed E-state index contributed by atoms with van der Waals surface area (Å²) in [5, 5.41) is 1.40. The number of ketones is 1. The normalized spacial score (nSPS) is 13.8. The van der Waals surface area contributed by atoms with Gasteiger partial charge >= 0.3 is 11.9 Å². The smallest absolute Gasteiger partial charge is 0.338 e. The van der Waals surface area contributed by atoms with Gasteiger partial charge < -0.3 is 9.47 Å². The van der Waals surface area contributed by atoms with Crippen molar-refractivity contribution in [3.8, 4) is 11.5 Å². The standard InChI is InChI=1S/C32H22Cl2O5/c1-16(2)31(36)38-29-22-11-7-8-12-23(22)30(39-32(37)17(3)4)27(34)26(29)25-19-9-5-6-10-21(19)28(35)24-15-18(33)13-14-20(24)25/h5-15,25H,1,3H2,2,4H3. The molecule has 0 saturated heterocycles. The van der Waals surface area contributed by atoms with Gasteiger partial charge in [0.05, 0.1) is 5.02 Å². The van der Waals surface area contributed by atoms with Gasteiger partial charge in [0.25, 0.3) is 0 Å². The molecular weight excluding hydrogens is 535 g/mol. The quantitative estimate of drug-likeness (QED) is 0.125. The SMILES string of the molecule is C=C(C)C(=O)Oc1c(Cl)c(C2c3ccccc3C(=O)c3cc(Cl)ccc32)c(OC(=O)C(=C)C)c2ccccc12. The van der Waals surface area contributed by atoms with Crippen molar-refractivity contribution in [3.63, 3.8) is 0 Å². The first-order valence-electron chi connectivity index (χ1n) is 12.0. The van der Waals surface area contributed by atoms with Crippen molar-refractivity contribution in [1.82, 2.24) is 0 Å². The monoisotopic (exact) mass is 556 g/mol. The fourth-order valence-corrected chi connectivity index (χ4v) is 5.26. The van der Waals surface area contributed by atoms with E-state index in [1.165, 1.54) is 6.92 Å². The Morgan fingerprint density at radius 3 is 1.92 bits per heavy atom. The highest BCUT2D eigenvalue weighted by atomic mass is 35.5. The molecule has 0 spiro atoms. The number of fused-ring (bicyclic) bond motifs is 3. The lowest BCUT2D eigenvalue weighted by Crippen LogP contribution is -2.22. The van der Waals surface area contributed by atoms with E-state index in [1.807, 2.05) is 12.1 Å². The fourth-order valence-electron chi connectivity index (χ4n) is 4.75. The second-order valence-electron chi connectivity index (χ2n) is 9.35. The molecule has 0 aliphatic heterocycles. The van der Waals surface area contributed by atoms with Crippen LogP contribution < -0.4 is 9.47 Å². The first-order valence-corrected chi connectivity index (χ1v) is 12.8. The Bertz CT molecular complexity index is 1750. The number of halogens is 2. The van der Waals surface area contributed by atoms with Crippen LogP contribution in [0.2, 0.25) is 10.0 Å². The van der Waals surface area contributed by atoms with Gasteiger partial charge in [-0.2, -0.15) is 0 Å². The molecule has 4 aromatic carbocycles.